The summed E-state index contributed by atoms with van der Waals surface area (Å²) in [6, 6.07) is 9.52. The third kappa shape index (κ3) is 4.23. The van der Waals surface area contributed by atoms with E-state index in [-0.39, 0.29) is 28.9 Å². The first-order valence-electron chi connectivity index (χ1n) is 11.0. The van der Waals surface area contributed by atoms with Crippen LogP contribution < -0.4 is 14.8 Å². The van der Waals surface area contributed by atoms with E-state index in [2.05, 4.69) is 15.3 Å². The van der Waals surface area contributed by atoms with Crippen molar-refractivity contribution in [2.24, 2.45) is 0 Å². The molecule has 0 aliphatic heterocycles. The van der Waals surface area contributed by atoms with E-state index in [4.69, 9.17) is 14.6 Å². The number of hydrogen-bond donors (Lipinski definition) is 1. The van der Waals surface area contributed by atoms with E-state index < -0.39 is 4.92 Å². The van der Waals surface area contributed by atoms with Crippen molar-refractivity contribution in [3.63, 3.8) is 0 Å². The van der Waals surface area contributed by atoms with Crippen molar-refractivity contribution in [1.82, 2.24) is 25.1 Å². The van der Waals surface area contributed by atoms with Gasteiger partial charge in [0.05, 0.1) is 36.0 Å². The molecule has 1 aromatic carbocycles. The number of aromatic nitrogens is 4. The summed E-state index contributed by atoms with van der Waals surface area (Å²) in [6.45, 7) is 0. The second-order valence-corrected chi connectivity index (χ2v) is 8.15. The summed E-state index contributed by atoms with van der Waals surface area (Å²) in [5.74, 6) is 0.232. The maximum Gasteiger partial charge on any atom is 0.311 e. The molecule has 1 aliphatic carbocycles. The summed E-state index contributed by atoms with van der Waals surface area (Å²) < 4.78 is 12.1. The van der Waals surface area contributed by atoms with Gasteiger partial charge in [-0.1, -0.05) is 0 Å². The number of nitrogens with one attached hydrogen (secondary N) is 1. The molecule has 0 saturated carbocycles. The smallest absolute Gasteiger partial charge is 0.311 e. The van der Waals surface area contributed by atoms with Crippen molar-refractivity contribution in [1.29, 1.82) is 0 Å². The molecule has 5 rings (SSSR count). The predicted molar refractivity (Wildman–Crippen MR) is 126 cm³/mol. The highest BCUT2D eigenvalue weighted by Crippen LogP contribution is 2.28. The number of nitrogens with zero attached hydrogens (tertiary/aromatic N) is 5. The van der Waals surface area contributed by atoms with Gasteiger partial charge in [-0.2, -0.15) is 5.10 Å². The minimum atomic E-state index is -0.565. The molecule has 3 aromatic heterocycles. The van der Waals surface area contributed by atoms with Crippen molar-refractivity contribution < 1.29 is 19.2 Å². The Bertz CT molecular complexity index is 1450. The van der Waals surface area contributed by atoms with Crippen LogP contribution >= 0.6 is 0 Å². The lowest BCUT2D eigenvalue weighted by Crippen LogP contribution is -2.38. The Morgan fingerprint density at radius 1 is 1.20 bits per heavy atom. The molecule has 1 atom stereocenters. The van der Waals surface area contributed by atoms with E-state index in [9.17, 15) is 14.9 Å². The number of nitro groups is 1. The van der Waals surface area contributed by atoms with Gasteiger partial charge in [-0.25, -0.2) is 9.67 Å². The number of rotatable bonds is 6. The van der Waals surface area contributed by atoms with Gasteiger partial charge < -0.3 is 14.8 Å². The molecular formula is C24H22N6O5. The Balaban J connectivity index is 1.36. The Morgan fingerprint density at radius 2 is 2.06 bits per heavy atom. The van der Waals surface area contributed by atoms with Gasteiger partial charge in [-0.15, -0.1) is 0 Å². The van der Waals surface area contributed by atoms with Gasteiger partial charge in [0, 0.05) is 36.1 Å². The number of pyridine rings is 2. The van der Waals surface area contributed by atoms with Crippen LogP contribution in [0.5, 0.6) is 11.6 Å². The molecule has 3 heterocycles. The highest BCUT2D eigenvalue weighted by Gasteiger charge is 2.25. The number of benzene rings is 1. The van der Waals surface area contributed by atoms with Crippen LogP contribution in [0.15, 0.2) is 48.8 Å². The summed E-state index contributed by atoms with van der Waals surface area (Å²) in [6.07, 6.45) is 5.65. The molecule has 0 spiro atoms. The van der Waals surface area contributed by atoms with Crippen LogP contribution in [0.1, 0.15) is 28.0 Å². The van der Waals surface area contributed by atoms with Crippen LogP contribution in [0.2, 0.25) is 0 Å². The third-order valence-electron chi connectivity index (χ3n) is 6.04. The van der Waals surface area contributed by atoms with Crippen molar-refractivity contribution in [3.8, 4) is 17.3 Å². The number of aryl methyl sites for hydroxylation is 1. The normalized spacial score (nSPS) is 14.9. The Kier molecular flexibility index (Phi) is 5.73. The Hall–Kier alpha value is -4.54. The maximum absolute atomic E-state index is 12.8. The third-order valence-corrected chi connectivity index (χ3v) is 6.04. The fraction of sp³-hybridized carbons (Fsp3) is 0.250. The van der Waals surface area contributed by atoms with E-state index in [0.29, 0.717) is 30.7 Å². The van der Waals surface area contributed by atoms with Crippen LogP contribution in [0.25, 0.3) is 16.7 Å². The van der Waals surface area contributed by atoms with Gasteiger partial charge in [0.2, 0.25) is 5.88 Å². The highest BCUT2D eigenvalue weighted by molar-refractivity contribution is 5.95. The average Bonchev–Trinajstić information content (AvgIpc) is 3.30. The first kappa shape index (κ1) is 22.3. The second kappa shape index (κ2) is 9.01. The first-order chi connectivity index (χ1) is 17.0. The molecule has 4 aromatic rings. The minimum Gasteiger partial charge on any atom is -0.490 e. The van der Waals surface area contributed by atoms with Gasteiger partial charge in [-0.05, 0) is 49.1 Å². The lowest BCUT2D eigenvalue weighted by atomic mass is 9.93. The van der Waals surface area contributed by atoms with Crippen LogP contribution in [0.3, 0.4) is 0 Å². The SMILES string of the molecule is COc1ccc2nccc(-n3cc4c(n3)CCC(NC(=O)c3ccc(OC)c([N+](=O)[O-])c3)C4)c2n1. The molecule has 11 nitrogen and oxygen atoms in total. The molecule has 1 aliphatic rings. The number of hydrogen-bond acceptors (Lipinski definition) is 8. The molecule has 1 unspecified atom stereocenters. The number of carbonyl (C=O) groups excluding carboxylic acids is 1. The Morgan fingerprint density at radius 3 is 2.83 bits per heavy atom. The molecule has 11 heteroatoms. The zero-order valence-electron chi connectivity index (χ0n) is 19.1. The van der Waals surface area contributed by atoms with Crippen molar-refractivity contribution >= 4 is 22.6 Å². The van der Waals surface area contributed by atoms with E-state index in [1.54, 1.807) is 24.1 Å². The molecule has 0 radical (unpaired) electrons. The molecule has 0 fully saturated rings. The van der Waals surface area contributed by atoms with Gasteiger partial charge in [0.1, 0.15) is 5.52 Å². The number of nitro benzene ring substituents is 1. The molecule has 35 heavy (non-hydrogen) atoms. The van der Waals surface area contributed by atoms with E-state index in [0.717, 1.165) is 22.5 Å². The van der Waals surface area contributed by atoms with Crippen LogP contribution in [0.4, 0.5) is 5.69 Å². The number of amides is 1. The van der Waals surface area contributed by atoms with Crippen LogP contribution in [-0.4, -0.2) is 50.8 Å². The number of ether oxygens (including phenoxy) is 2. The van der Waals surface area contributed by atoms with Gasteiger partial charge in [-0.3, -0.25) is 19.9 Å². The topological polar surface area (TPSA) is 134 Å². The van der Waals surface area contributed by atoms with Crippen molar-refractivity contribution in [3.05, 3.63) is 75.7 Å². The van der Waals surface area contributed by atoms with Gasteiger partial charge in [0.25, 0.3) is 5.91 Å². The fourth-order valence-electron chi connectivity index (χ4n) is 4.29. The van der Waals surface area contributed by atoms with E-state index in [1.165, 1.54) is 25.3 Å². The van der Waals surface area contributed by atoms with Crippen LogP contribution in [0, 0.1) is 10.1 Å². The van der Waals surface area contributed by atoms with Gasteiger partial charge >= 0.3 is 5.69 Å². The minimum absolute atomic E-state index is 0.108. The standard InChI is InChI=1S/C24H22N6O5/c1-34-21-7-3-14(12-20(21)30(32)33)24(31)26-16-4-5-17-15(11-16)13-29(28-17)19-9-10-25-18-6-8-22(35-2)27-23(18)19/h3,6-10,12-13,16H,4-5,11H2,1-2H3,(H,26,31). The number of fused-ring (bicyclic) bond motifs is 2. The summed E-state index contributed by atoms with van der Waals surface area (Å²) in [7, 11) is 2.92. The molecule has 1 amide bonds. The van der Waals surface area contributed by atoms with Crippen LogP contribution in [-0.2, 0) is 12.8 Å². The Labute approximate surface area is 199 Å². The van der Waals surface area contributed by atoms with Crippen molar-refractivity contribution in [2.75, 3.05) is 14.2 Å². The average molecular weight is 474 g/mol. The fourth-order valence-corrected chi connectivity index (χ4v) is 4.29. The summed E-state index contributed by atoms with van der Waals surface area (Å²) in [4.78, 5) is 32.4. The largest absolute Gasteiger partial charge is 0.490 e. The first-order valence-corrected chi connectivity index (χ1v) is 11.0. The van der Waals surface area contributed by atoms with E-state index >= 15 is 0 Å². The zero-order valence-corrected chi connectivity index (χ0v) is 19.1. The monoisotopic (exact) mass is 474 g/mol. The van der Waals surface area contributed by atoms with Gasteiger partial charge in [0.15, 0.2) is 5.75 Å². The van der Waals surface area contributed by atoms with Crippen molar-refractivity contribution in [2.45, 2.75) is 25.3 Å². The molecule has 0 saturated heterocycles. The lowest BCUT2D eigenvalue weighted by molar-refractivity contribution is -0.385. The quantitative estimate of drug-likeness (QED) is 0.333. The summed E-state index contributed by atoms with van der Waals surface area (Å²) >= 11 is 0. The predicted octanol–water partition coefficient (Wildman–Crippen LogP) is 3.03. The highest BCUT2D eigenvalue weighted by atomic mass is 16.6. The maximum atomic E-state index is 12.8. The molecule has 1 N–H and O–H groups in total. The molecule has 178 valence electrons. The summed E-state index contributed by atoms with van der Waals surface area (Å²) in [5.41, 5.74) is 4.14. The molecular weight excluding hydrogens is 452 g/mol. The second-order valence-electron chi connectivity index (χ2n) is 8.15. The lowest BCUT2D eigenvalue weighted by Gasteiger charge is -2.22. The number of methoxy groups -OCH3 is 2. The summed E-state index contributed by atoms with van der Waals surface area (Å²) in [5, 5.41) is 19.0. The number of carbonyl (C=O) groups is 1. The molecule has 0 bridgehead atoms. The van der Waals surface area contributed by atoms with E-state index in [1.807, 2.05) is 18.3 Å². The zero-order chi connectivity index (χ0) is 24.5.